The SMILES string of the molecule is CC(N(C)C(=O)c1ccc2[nH]c(-c3n[nH]c4c3CCC(C)(C)C4)cc2c1)C(C)(C)C. The quantitative estimate of drug-likeness (QED) is 0.596. The molecule has 0 saturated heterocycles. The molecule has 0 spiro atoms. The molecule has 30 heavy (non-hydrogen) atoms. The fourth-order valence-electron chi connectivity index (χ4n) is 4.42. The van der Waals surface area contributed by atoms with E-state index in [9.17, 15) is 4.79 Å². The molecule has 2 heterocycles. The summed E-state index contributed by atoms with van der Waals surface area (Å²) in [6, 6.07) is 8.17. The second-order valence-corrected chi connectivity index (χ2v) is 10.8. The third-order valence-corrected chi connectivity index (χ3v) is 6.94. The zero-order valence-electron chi connectivity index (χ0n) is 19.3. The Balaban J connectivity index is 1.64. The van der Waals surface area contributed by atoms with E-state index in [-0.39, 0.29) is 17.4 Å². The minimum absolute atomic E-state index is 0.0311. The van der Waals surface area contributed by atoms with Crippen LogP contribution in [0.1, 0.15) is 69.6 Å². The van der Waals surface area contributed by atoms with Gasteiger partial charge in [-0.3, -0.25) is 9.89 Å². The first-order valence-electron chi connectivity index (χ1n) is 10.9. The number of carbonyl (C=O) groups excluding carboxylic acids is 1. The van der Waals surface area contributed by atoms with Crippen LogP contribution in [0.3, 0.4) is 0 Å². The van der Waals surface area contributed by atoms with E-state index in [0.29, 0.717) is 5.41 Å². The van der Waals surface area contributed by atoms with Crippen LogP contribution in [0.4, 0.5) is 0 Å². The Morgan fingerprint density at radius 1 is 1.23 bits per heavy atom. The highest BCUT2D eigenvalue weighted by Gasteiger charge is 2.30. The van der Waals surface area contributed by atoms with E-state index in [2.05, 4.69) is 62.8 Å². The van der Waals surface area contributed by atoms with Gasteiger partial charge in [-0.2, -0.15) is 5.10 Å². The fourth-order valence-corrected chi connectivity index (χ4v) is 4.42. The molecule has 0 aliphatic heterocycles. The van der Waals surface area contributed by atoms with Crippen LogP contribution in [0, 0.1) is 10.8 Å². The lowest BCUT2D eigenvalue weighted by Gasteiger charge is -2.35. The van der Waals surface area contributed by atoms with E-state index in [1.165, 1.54) is 17.7 Å². The van der Waals surface area contributed by atoms with Crippen molar-refractivity contribution in [1.29, 1.82) is 0 Å². The lowest BCUT2D eigenvalue weighted by molar-refractivity contribution is 0.0629. The maximum atomic E-state index is 13.1. The van der Waals surface area contributed by atoms with Gasteiger partial charge in [0.1, 0.15) is 5.69 Å². The third-order valence-electron chi connectivity index (χ3n) is 6.94. The van der Waals surface area contributed by atoms with Crippen LogP contribution in [-0.4, -0.2) is 39.1 Å². The molecule has 4 rings (SSSR count). The van der Waals surface area contributed by atoms with E-state index in [4.69, 9.17) is 0 Å². The van der Waals surface area contributed by atoms with Crippen molar-refractivity contribution in [2.75, 3.05) is 7.05 Å². The first kappa shape index (κ1) is 20.7. The van der Waals surface area contributed by atoms with E-state index >= 15 is 0 Å². The number of benzene rings is 1. The summed E-state index contributed by atoms with van der Waals surface area (Å²) < 4.78 is 0. The smallest absolute Gasteiger partial charge is 0.253 e. The number of rotatable bonds is 3. The molecule has 160 valence electrons. The van der Waals surface area contributed by atoms with Crippen molar-refractivity contribution in [2.45, 2.75) is 66.8 Å². The lowest BCUT2D eigenvalue weighted by Crippen LogP contribution is -2.42. The zero-order valence-corrected chi connectivity index (χ0v) is 19.3. The largest absolute Gasteiger partial charge is 0.353 e. The van der Waals surface area contributed by atoms with Crippen molar-refractivity contribution in [3.8, 4) is 11.4 Å². The molecule has 1 amide bonds. The number of nitrogens with one attached hydrogen (secondary N) is 2. The van der Waals surface area contributed by atoms with Crippen LogP contribution in [0.15, 0.2) is 24.3 Å². The molecule has 2 N–H and O–H groups in total. The van der Waals surface area contributed by atoms with Crippen molar-refractivity contribution < 1.29 is 4.79 Å². The van der Waals surface area contributed by atoms with Gasteiger partial charge in [0, 0.05) is 40.8 Å². The average molecular weight is 407 g/mol. The van der Waals surface area contributed by atoms with Crippen LogP contribution in [0.25, 0.3) is 22.3 Å². The summed E-state index contributed by atoms with van der Waals surface area (Å²) in [5, 5.41) is 8.94. The van der Waals surface area contributed by atoms with Gasteiger partial charge in [-0.25, -0.2) is 0 Å². The number of H-pyrrole nitrogens is 2. The Kier molecular flexibility index (Phi) is 4.83. The van der Waals surface area contributed by atoms with Crippen LogP contribution in [-0.2, 0) is 12.8 Å². The summed E-state index contributed by atoms with van der Waals surface area (Å²) in [7, 11) is 1.89. The van der Waals surface area contributed by atoms with Gasteiger partial charge < -0.3 is 9.88 Å². The molecule has 2 aromatic heterocycles. The number of carbonyl (C=O) groups is 1. The Morgan fingerprint density at radius 2 is 1.97 bits per heavy atom. The molecule has 0 radical (unpaired) electrons. The molecular weight excluding hydrogens is 372 g/mol. The van der Waals surface area contributed by atoms with Crippen molar-refractivity contribution in [1.82, 2.24) is 20.1 Å². The molecule has 1 unspecified atom stereocenters. The van der Waals surface area contributed by atoms with Crippen LogP contribution in [0.2, 0.25) is 0 Å². The molecule has 3 aromatic rings. The highest BCUT2D eigenvalue weighted by Crippen LogP contribution is 2.38. The molecule has 5 heteroatoms. The number of amides is 1. The first-order valence-corrected chi connectivity index (χ1v) is 10.9. The Bertz CT molecular complexity index is 1100. The fraction of sp³-hybridized carbons (Fsp3) is 0.520. The van der Waals surface area contributed by atoms with Crippen LogP contribution < -0.4 is 0 Å². The molecule has 0 saturated carbocycles. The standard InChI is InChI=1S/C25H34N4O/c1-15(24(2,3)4)29(7)23(30)16-8-9-19-17(12-16)13-20(26-19)22-18-10-11-25(5,6)14-21(18)27-28-22/h8-9,12-13,15,26H,10-11,14H2,1-7H3,(H,27,28). The molecule has 0 bridgehead atoms. The minimum atomic E-state index is 0.0311. The maximum absolute atomic E-state index is 13.1. The summed E-state index contributed by atoms with van der Waals surface area (Å²) in [5.74, 6) is 0.0569. The van der Waals surface area contributed by atoms with E-state index in [1.54, 1.807) is 0 Å². The van der Waals surface area contributed by atoms with Gasteiger partial charge in [-0.05, 0) is 61.3 Å². The topological polar surface area (TPSA) is 64.8 Å². The van der Waals surface area contributed by atoms with Gasteiger partial charge in [-0.15, -0.1) is 0 Å². The number of aromatic nitrogens is 3. The van der Waals surface area contributed by atoms with Crippen molar-refractivity contribution in [2.24, 2.45) is 10.8 Å². The summed E-state index contributed by atoms with van der Waals surface area (Å²) in [5.41, 5.74) is 6.72. The van der Waals surface area contributed by atoms with Gasteiger partial charge in [-0.1, -0.05) is 34.6 Å². The van der Waals surface area contributed by atoms with Gasteiger partial charge in [0.15, 0.2) is 0 Å². The number of aromatic amines is 2. The predicted octanol–water partition coefficient (Wildman–Crippen LogP) is 5.58. The minimum Gasteiger partial charge on any atom is -0.353 e. The number of hydrogen-bond donors (Lipinski definition) is 2. The summed E-state index contributed by atoms with van der Waals surface area (Å²) in [6.07, 6.45) is 3.25. The molecule has 1 atom stereocenters. The van der Waals surface area contributed by atoms with E-state index in [0.717, 1.165) is 40.7 Å². The summed E-state index contributed by atoms with van der Waals surface area (Å²) in [4.78, 5) is 18.4. The number of fused-ring (bicyclic) bond motifs is 2. The van der Waals surface area contributed by atoms with Crippen LogP contribution >= 0.6 is 0 Å². The number of hydrogen-bond acceptors (Lipinski definition) is 2. The molecule has 1 aliphatic rings. The van der Waals surface area contributed by atoms with Gasteiger partial charge >= 0.3 is 0 Å². The van der Waals surface area contributed by atoms with E-state index in [1.807, 2.05) is 30.1 Å². The van der Waals surface area contributed by atoms with Crippen molar-refractivity contribution in [3.63, 3.8) is 0 Å². The normalized spacial score (nSPS) is 17.0. The Hall–Kier alpha value is -2.56. The van der Waals surface area contributed by atoms with Crippen LogP contribution in [0.5, 0.6) is 0 Å². The van der Waals surface area contributed by atoms with Crippen molar-refractivity contribution >= 4 is 16.8 Å². The highest BCUT2D eigenvalue weighted by atomic mass is 16.2. The maximum Gasteiger partial charge on any atom is 0.253 e. The molecule has 1 aromatic carbocycles. The van der Waals surface area contributed by atoms with Crippen molar-refractivity contribution in [3.05, 3.63) is 41.1 Å². The third kappa shape index (κ3) is 3.66. The summed E-state index contributed by atoms with van der Waals surface area (Å²) in [6.45, 7) is 13.2. The average Bonchev–Trinajstić information content (AvgIpc) is 3.26. The van der Waals surface area contributed by atoms with Gasteiger partial charge in [0.2, 0.25) is 0 Å². The monoisotopic (exact) mass is 406 g/mol. The van der Waals surface area contributed by atoms with Gasteiger partial charge in [0.05, 0.1) is 5.69 Å². The van der Waals surface area contributed by atoms with Gasteiger partial charge in [0.25, 0.3) is 5.91 Å². The molecule has 0 fully saturated rings. The van der Waals surface area contributed by atoms with E-state index < -0.39 is 0 Å². The Labute approximate surface area is 179 Å². The summed E-state index contributed by atoms with van der Waals surface area (Å²) >= 11 is 0. The first-order chi connectivity index (χ1) is 14.0. The molecule has 5 nitrogen and oxygen atoms in total. The Morgan fingerprint density at radius 3 is 2.67 bits per heavy atom. The zero-order chi connectivity index (χ0) is 21.8. The second kappa shape index (κ2) is 7.00. The highest BCUT2D eigenvalue weighted by molar-refractivity contribution is 5.99. The second-order valence-electron chi connectivity index (χ2n) is 10.8. The predicted molar refractivity (Wildman–Crippen MR) is 123 cm³/mol. The number of nitrogens with zero attached hydrogens (tertiary/aromatic N) is 2. The molecular formula is C25H34N4O. The lowest BCUT2D eigenvalue weighted by atomic mass is 9.76. The molecule has 1 aliphatic carbocycles.